The van der Waals surface area contributed by atoms with Gasteiger partial charge in [-0.1, -0.05) is 11.6 Å². The van der Waals surface area contributed by atoms with E-state index in [1.54, 1.807) is 23.3 Å². The number of hydrogen-bond donors (Lipinski definition) is 1. The fourth-order valence-corrected chi connectivity index (χ4v) is 1.70. The molecule has 2 rings (SSSR count). The molecule has 5 heteroatoms. The quantitative estimate of drug-likeness (QED) is 0.870. The van der Waals surface area contributed by atoms with Gasteiger partial charge < -0.3 is 10.2 Å². The van der Waals surface area contributed by atoms with Gasteiger partial charge in [-0.15, -0.1) is 0 Å². The maximum absolute atomic E-state index is 5.91. The van der Waals surface area contributed by atoms with E-state index in [4.69, 9.17) is 21.8 Å². The van der Waals surface area contributed by atoms with E-state index in [9.17, 15) is 0 Å². The summed E-state index contributed by atoms with van der Waals surface area (Å²) < 4.78 is 7.05. The van der Waals surface area contributed by atoms with Crippen LogP contribution in [0.2, 0.25) is 5.02 Å². The summed E-state index contributed by atoms with van der Waals surface area (Å²) in [6, 6.07) is 3.49. The second kappa shape index (κ2) is 4.08. The second-order valence-electron chi connectivity index (χ2n) is 3.46. The third-order valence-corrected chi connectivity index (χ3v) is 2.38. The third-order valence-electron chi connectivity index (χ3n) is 2.19. The predicted octanol–water partition coefficient (Wildman–Crippen LogP) is 2.07. The van der Waals surface area contributed by atoms with E-state index in [2.05, 4.69) is 5.10 Å². The van der Waals surface area contributed by atoms with Gasteiger partial charge in [0.1, 0.15) is 11.8 Å². The maximum atomic E-state index is 5.91. The fraction of sp³-hybridized carbons (Fsp3) is 0.300. The van der Waals surface area contributed by atoms with Crippen molar-refractivity contribution in [2.75, 3.05) is 0 Å². The minimum atomic E-state index is -0.118. The molecule has 0 radical (unpaired) electrons. The molecule has 2 aromatic rings. The Morgan fingerprint density at radius 2 is 2.40 bits per heavy atom. The van der Waals surface area contributed by atoms with Gasteiger partial charge in [-0.2, -0.15) is 5.10 Å². The lowest BCUT2D eigenvalue weighted by Gasteiger charge is -2.18. The van der Waals surface area contributed by atoms with Crippen molar-refractivity contribution < 1.29 is 4.42 Å². The fourth-order valence-electron chi connectivity index (χ4n) is 1.56. The summed E-state index contributed by atoms with van der Waals surface area (Å²) in [6.45, 7) is 1.91. The van der Waals surface area contributed by atoms with Crippen LogP contribution in [0.5, 0.6) is 0 Å². The Kier molecular flexibility index (Phi) is 2.79. The zero-order valence-electron chi connectivity index (χ0n) is 8.30. The largest absolute Gasteiger partial charge is 0.467 e. The van der Waals surface area contributed by atoms with E-state index >= 15 is 0 Å². The SMILES string of the molecule is CC(N)C(c1ccco1)n1cc(Cl)cn1. The smallest absolute Gasteiger partial charge is 0.129 e. The summed E-state index contributed by atoms with van der Waals surface area (Å²) in [4.78, 5) is 0. The van der Waals surface area contributed by atoms with Crippen LogP contribution in [0, 0.1) is 0 Å². The average molecular weight is 226 g/mol. The molecule has 2 atom stereocenters. The Balaban J connectivity index is 2.36. The number of nitrogens with zero attached hydrogens (tertiary/aromatic N) is 2. The van der Waals surface area contributed by atoms with Crippen molar-refractivity contribution in [1.82, 2.24) is 9.78 Å². The number of rotatable bonds is 3. The standard InChI is InChI=1S/C10H12ClN3O/c1-7(12)10(9-3-2-4-15-9)14-6-8(11)5-13-14/h2-7,10H,12H2,1H3. The first-order valence-electron chi connectivity index (χ1n) is 4.67. The minimum absolute atomic E-state index is 0.105. The molecule has 15 heavy (non-hydrogen) atoms. The molecule has 4 nitrogen and oxygen atoms in total. The third kappa shape index (κ3) is 2.06. The van der Waals surface area contributed by atoms with Gasteiger partial charge in [0.25, 0.3) is 0 Å². The van der Waals surface area contributed by atoms with E-state index < -0.39 is 0 Å². The van der Waals surface area contributed by atoms with Crippen molar-refractivity contribution in [3.8, 4) is 0 Å². The summed E-state index contributed by atoms with van der Waals surface area (Å²) in [5.74, 6) is 0.782. The molecule has 2 heterocycles. The first-order valence-corrected chi connectivity index (χ1v) is 5.05. The molecule has 0 fully saturated rings. The molecule has 0 spiro atoms. The summed E-state index contributed by atoms with van der Waals surface area (Å²) in [7, 11) is 0. The monoisotopic (exact) mass is 225 g/mol. The van der Waals surface area contributed by atoms with Gasteiger partial charge in [-0.25, -0.2) is 0 Å². The van der Waals surface area contributed by atoms with E-state index in [0.717, 1.165) is 5.76 Å². The van der Waals surface area contributed by atoms with E-state index in [1.165, 1.54) is 0 Å². The van der Waals surface area contributed by atoms with Crippen LogP contribution in [-0.4, -0.2) is 15.8 Å². The van der Waals surface area contributed by atoms with Crippen molar-refractivity contribution in [2.45, 2.75) is 19.0 Å². The molecule has 2 unspecified atom stereocenters. The molecular weight excluding hydrogens is 214 g/mol. The first-order chi connectivity index (χ1) is 7.18. The summed E-state index contributed by atoms with van der Waals surface area (Å²) in [5, 5.41) is 4.73. The number of furan rings is 1. The topological polar surface area (TPSA) is 57.0 Å². The Labute approximate surface area is 92.6 Å². The van der Waals surface area contributed by atoms with Gasteiger partial charge >= 0.3 is 0 Å². The molecule has 0 aliphatic rings. The molecule has 0 aromatic carbocycles. The van der Waals surface area contributed by atoms with Crippen molar-refractivity contribution >= 4 is 11.6 Å². The van der Waals surface area contributed by atoms with Gasteiger partial charge in [-0.05, 0) is 19.1 Å². The van der Waals surface area contributed by atoms with E-state index in [-0.39, 0.29) is 12.1 Å². The summed E-state index contributed by atoms with van der Waals surface area (Å²) in [5.41, 5.74) is 5.91. The molecule has 2 N–H and O–H groups in total. The zero-order valence-corrected chi connectivity index (χ0v) is 9.06. The molecule has 0 saturated carbocycles. The summed E-state index contributed by atoms with van der Waals surface area (Å²) in [6.07, 6.45) is 4.94. The zero-order chi connectivity index (χ0) is 10.8. The molecule has 80 valence electrons. The highest BCUT2D eigenvalue weighted by Gasteiger charge is 2.21. The normalized spacial score (nSPS) is 15.1. The van der Waals surface area contributed by atoms with Gasteiger partial charge in [0, 0.05) is 12.2 Å². The van der Waals surface area contributed by atoms with E-state index in [1.807, 2.05) is 19.1 Å². The molecule has 0 bridgehead atoms. The van der Waals surface area contributed by atoms with Crippen LogP contribution in [0.4, 0.5) is 0 Å². The Morgan fingerprint density at radius 1 is 1.60 bits per heavy atom. The van der Waals surface area contributed by atoms with Crippen molar-refractivity contribution in [2.24, 2.45) is 5.73 Å². The van der Waals surface area contributed by atoms with E-state index in [0.29, 0.717) is 5.02 Å². The average Bonchev–Trinajstić information content (AvgIpc) is 2.77. The van der Waals surface area contributed by atoms with Crippen molar-refractivity contribution in [3.63, 3.8) is 0 Å². The molecule has 0 aliphatic heterocycles. The highest BCUT2D eigenvalue weighted by molar-refractivity contribution is 6.30. The lowest BCUT2D eigenvalue weighted by Crippen LogP contribution is -2.30. The van der Waals surface area contributed by atoms with Crippen LogP contribution in [0.15, 0.2) is 35.2 Å². The van der Waals surface area contributed by atoms with Gasteiger partial charge in [-0.3, -0.25) is 4.68 Å². The van der Waals surface area contributed by atoms with Gasteiger partial charge in [0.15, 0.2) is 0 Å². The predicted molar refractivity (Wildman–Crippen MR) is 57.7 cm³/mol. The van der Waals surface area contributed by atoms with Crippen LogP contribution in [-0.2, 0) is 0 Å². The first kappa shape index (κ1) is 10.3. The maximum Gasteiger partial charge on any atom is 0.129 e. The van der Waals surface area contributed by atoms with Gasteiger partial charge in [0.2, 0.25) is 0 Å². The number of halogens is 1. The highest BCUT2D eigenvalue weighted by atomic mass is 35.5. The van der Waals surface area contributed by atoms with Crippen LogP contribution < -0.4 is 5.73 Å². The van der Waals surface area contributed by atoms with Crippen molar-refractivity contribution in [1.29, 1.82) is 0 Å². The highest BCUT2D eigenvalue weighted by Crippen LogP contribution is 2.22. The van der Waals surface area contributed by atoms with Crippen LogP contribution in [0.3, 0.4) is 0 Å². The Hall–Kier alpha value is -1.26. The van der Waals surface area contributed by atoms with Gasteiger partial charge in [0.05, 0.1) is 17.5 Å². The lowest BCUT2D eigenvalue weighted by molar-refractivity contribution is 0.368. The molecule has 0 saturated heterocycles. The Morgan fingerprint density at radius 3 is 2.87 bits per heavy atom. The molecular formula is C10H12ClN3O. The molecule has 0 amide bonds. The Bertz CT molecular complexity index is 422. The van der Waals surface area contributed by atoms with Crippen molar-refractivity contribution in [3.05, 3.63) is 41.6 Å². The molecule has 0 aliphatic carbocycles. The summed E-state index contributed by atoms with van der Waals surface area (Å²) >= 11 is 5.82. The molecule has 2 aromatic heterocycles. The minimum Gasteiger partial charge on any atom is -0.467 e. The number of nitrogens with two attached hydrogens (primary N) is 1. The number of aromatic nitrogens is 2. The van der Waals surface area contributed by atoms with Crippen LogP contribution in [0.25, 0.3) is 0 Å². The van der Waals surface area contributed by atoms with Crippen LogP contribution >= 0.6 is 11.6 Å². The second-order valence-corrected chi connectivity index (χ2v) is 3.89. The lowest BCUT2D eigenvalue weighted by atomic mass is 10.1. The van der Waals surface area contributed by atoms with Crippen LogP contribution in [0.1, 0.15) is 18.7 Å². The number of hydrogen-bond acceptors (Lipinski definition) is 3.